The van der Waals surface area contributed by atoms with Crippen LogP contribution in [0.25, 0.3) is 11.1 Å². The van der Waals surface area contributed by atoms with Crippen LogP contribution in [-0.4, -0.2) is 50.8 Å². The Kier molecular flexibility index (Phi) is 3.53. The Labute approximate surface area is 145 Å². The van der Waals surface area contributed by atoms with Crippen LogP contribution in [0, 0.1) is 0 Å². The standard InChI is InChI=1S/C19H17N3O3/c1-2-18(24)21-10-15(11-21)22-9-14-4-3-12(7-16(14)19(22)25)13-5-6-17(23)20-8-13/h2-8,15H,1,9-11H2,(H,20,23). The van der Waals surface area contributed by atoms with Crippen molar-refractivity contribution < 1.29 is 14.7 Å². The lowest BCUT2D eigenvalue weighted by Crippen LogP contribution is -2.60. The van der Waals surface area contributed by atoms with E-state index in [2.05, 4.69) is 11.6 Å². The lowest BCUT2D eigenvalue weighted by molar-refractivity contribution is -0.132. The normalized spacial score (nSPS) is 16.6. The molecule has 3 heterocycles. The van der Waals surface area contributed by atoms with Gasteiger partial charge in [-0.05, 0) is 29.3 Å². The number of rotatable bonds is 3. The van der Waals surface area contributed by atoms with Crippen LogP contribution in [0.5, 0.6) is 5.88 Å². The molecule has 1 N–H and O–H groups in total. The van der Waals surface area contributed by atoms with E-state index in [0.717, 1.165) is 16.7 Å². The van der Waals surface area contributed by atoms with Crippen LogP contribution in [0.1, 0.15) is 15.9 Å². The molecule has 1 aromatic carbocycles. The molecule has 0 bridgehead atoms. The second kappa shape index (κ2) is 5.73. The van der Waals surface area contributed by atoms with Gasteiger partial charge in [0, 0.05) is 43.0 Å². The van der Waals surface area contributed by atoms with Crippen molar-refractivity contribution in [2.24, 2.45) is 0 Å². The van der Waals surface area contributed by atoms with Gasteiger partial charge in [-0.25, -0.2) is 4.98 Å². The maximum Gasteiger partial charge on any atom is 0.254 e. The van der Waals surface area contributed by atoms with Gasteiger partial charge in [-0.3, -0.25) is 9.59 Å². The average Bonchev–Trinajstić information content (AvgIpc) is 2.90. The average molecular weight is 335 g/mol. The van der Waals surface area contributed by atoms with Crippen molar-refractivity contribution in [2.45, 2.75) is 12.6 Å². The highest BCUT2D eigenvalue weighted by molar-refractivity contribution is 6.00. The fourth-order valence-electron chi connectivity index (χ4n) is 3.32. The quantitative estimate of drug-likeness (QED) is 0.868. The van der Waals surface area contributed by atoms with Gasteiger partial charge in [-0.1, -0.05) is 18.7 Å². The van der Waals surface area contributed by atoms with E-state index in [4.69, 9.17) is 0 Å². The summed E-state index contributed by atoms with van der Waals surface area (Å²) in [5.74, 6) is -0.127. The van der Waals surface area contributed by atoms with Crippen LogP contribution in [0.2, 0.25) is 0 Å². The van der Waals surface area contributed by atoms with Crippen LogP contribution in [0.15, 0.2) is 49.2 Å². The minimum Gasteiger partial charge on any atom is -0.493 e. The molecule has 0 atom stereocenters. The monoisotopic (exact) mass is 335 g/mol. The van der Waals surface area contributed by atoms with Crippen molar-refractivity contribution >= 4 is 11.8 Å². The zero-order chi connectivity index (χ0) is 17.6. The lowest BCUT2D eigenvalue weighted by atomic mass is 10.0. The predicted molar refractivity (Wildman–Crippen MR) is 91.8 cm³/mol. The predicted octanol–water partition coefficient (Wildman–Crippen LogP) is 1.81. The summed E-state index contributed by atoms with van der Waals surface area (Å²) in [4.78, 5) is 31.7. The zero-order valence-electron chi connectivity index (χ0n) is 13.6. The largest absolute Gasteiger partial charge is 0.493 e. The van der Waals surface area contributed by atoms with E-state index in [9.17, 15) is 14.7 Å². The number of amides is 2. The van der Waals surface area contributed by atoms with E-state index >= 15 is 0 Å². The number of hydrogen-bond donors (Lipinski definition) is 1. The van der Waals surface area contributed by atoms with Crippen LogP contribution < -0.4 is 0 Å². The van der Waals surface area contributed by atoms with Crippen LogP contribution in [-0.2, 0) is 11.3 Å². The molecular formula is C19H17N3O3. The van der Waals surface area contributed by atoms with Gasteiger partial charge in [0.1, 0.15) is 0 Å². The number of fused-ring (bicyclic) bond motifs is 1. The Bertz CT molecular complexity index is 870. The van der Waals surface area contributed by atoms with E-state index in [-0.39, 0.29) is 23.7 Å². The first kappa shape index (κ1) is 15.4. The zero-order valence-corrected chi connectivity index (χ0v) is 13.6. The summed E-state index contributed by atoms with van der Waals surface area (Å²) >= 11 is 0. The van der Waals surface area contributed by atoms with Crippen molar-refractivity contribution in [1.82, 2.24) is 14.8 Å². The number of nitrogens with zero attached hydrogens (tertiary/aromatic N) is 3. The number of aromatic hydroxyl groups is 1. The van der Waals surface area contributed by atoms with Crippen molar-refractivity contribution in [3.8, 4) is 17.0 Å². The van der Waals surface area contributed by atoms with Crippen molar-refractivity contribution in [2.75, 3.05) is 13.1 Å². The molecule has 1 saturated heterocycles. The molecular weight excluding hydrogens is 318 g/mol. The third-order valence-electron chi connectivity index (χ3n) is 4.81. The second-order valence-electron chi connectivity index (χ2n) is 6.31. The second-order valence-corrected chi connectivity index (χ2v) is 6.31. The molecule has 2 aliphatic rings. The molecule has 6 heteroatoms. The van der Waals surface area contributed by atoms with Crippen molar-refractivity contribution in [3.05, 3.63) is 60.3 Å². The Balaban J connectivity index is 1.53. The third kappa shape index (κ3) is 2.55. The van der Waals surface area contributed by atoms with E-state index in [1.54, 1.807) is 17.2 Å². The smallest absolute Gasteiger partial charge is 0.254 e. The molecule has 6 nitrogen and oxygen atoms in total. The van der Waals surface area contributed by atoms with Gasteiger partial charge in [0.2, 0.25) is 11.8 Å². The molecule has 0 aliphatic carbocycles. The molecule has 2 aromatic rings. The number of carbonyl (C=O) groups excluding carboxylic acids is 2. The van der Waals surface area contributed by atoms with Gasteiger partial charge in [0.25, 0.3) is 5.91 Å². The highest BCUT2D eigenvalue weighted by Gasteiger charge is 2.40. The molecule has 1 fully saturated rings. The minimum absolute atomic E-state index is 0.000658. The van der Waals surface area contributed by atoms with E-state index < -0.39 is 0 Å². The summed E-state index contributed by atoms with van der Waals surface area (Å²) in [6.45, 7) is 5.17. The van der Waals surface area contributed by atoms with Crippen LogP contribution >= 0.6 is 0 Å². The maximum absolute atomic E-state index is 12.8. The first-order chi connectivity index (χ1) is 12.1. The Morgan fingerprint density at radius 3 is 2.68 bits per heavy atom. The third-order valence-corrected chi connectivity index (χ3v) is 4.81. The molecule has 0 unspecified atom stereocenters. The molecule has 25 heavy (non-hydrogen) atoms. The van der Waals surface area contributed by atoms with Crippen molar-refractivity contribution in [3.63, 3.8) is 0 Å². The summed E-state index contributed by atoms with van der Waals surface area (Å²) in [5, 5.41) is 9.30. The number of benzene rings is 1. The van der Waals surface area contributed by atoms with Crippen LogP contribution in [0.4, 0.5) is 0 Å². The minimum atomic E-state index is -0.0949. The summed E-state index contributed by atoms with van der Waals surface area (Å²) in [5.41, 5.74) is 3.42. The van der Waals surface area contributed by atoms with E-state index in [0.29, 0.717) is 25.2 Å². The van der Waals surface area contributed by atoms with Gasteiger partial charge >= 0.3 is 0 Å². The summed E-state index contributed by atoms with van der Waals surface area (Å²) in [7, 11) is 0. The molecule has 0 radical (unpaired) electrons. The Morgan fingerprint density at radius 1 is 1.24 bits per heavy atom. The highest BCUT2D eigenvalue weighted by atomic mass is 16.3. The number of carbonyl (C=O) groups is 2. The van der Waals surface area contributed by atoms with Gasteiger partial charge < -0.3 is 14.9 Å². The molecule has 2 amide bonds. The molecule has 1 aromatic heterocycles. The van der Waals surface area contributed by atoms with Gasteiger partial charge in [-0.2, -0.15) is 0 Å². The summed E-state index contributed by atoms with van der Waals surface area (Å²) in [6, 6.07) is 9.14. The van der Waals surface area contributed by atoms with E-state index in [1.165, 1.54) is 12.1 Å². The number of likely N-dealkylation sites (tertiary alicyclic amines) is 1. The molecule has 2 aliphatic heterocycles. The number of aromatic nitrogens is 1. The number of hydrogen-bond acceptors (Lipinski definition) is 4. The number of pyridine rings is 1. The molecule has 0 spiro atoms. The first-order valence-corrected chi connectivity index (χ1v) is 8.07. The molecule has 126 valence electrons. The Hall–Kier alpha value is -3.15. The molecule has 0 saturated carbocycles. The summed E-state index contributed by atoms with van der Waals surface area (Å²) < 4.78 is 0. The van der Waals surface area contributed by atoms with Crippen molar-refractivity contribution in [1.29, 1.82) is 0 Å². The van der Waals surface area contributed by atoms with E-state index in [1.807, 2.05) is 23.1 Å². The van der Waals surface area contributed by atoms with Crippen LogP contribution in [0.3, 0.4) is 0 Å². The lowest BCUT2D eigenvalue weighted by Gasteiger charge is -2.43. The van der Waals surface area contributed by atoms with Gasteiger partial charge in [-0.15, -0.1) is 0 Å². The van der Waals surface area contributed by atoms with Gasteiger partial charge in [0.05, 0.1) is 6.04 Å². The maximum atomic E-state index is 12.8. The SMILES string of the molecule is C=CC(=O)N1CC(N2Cc3ccc(-c4ccc(O)nc4)cc3C2=O)C1. The first-order valence-electron chi connectivity index (χ1n) is 8.07. The molecule has 4 rings (SSSR count). The fraction of sp³-hybridized carbons (Fsp3) is 0.211. The summed E-state index contributed by atoms with van der Waals surface area (Å²) in [6.07, 6.45) is 2.88. The van der Waals surface area contributed by atoms with Gasteiger partial charge in [0.15, 0.2) is 0 Å². The highest BCUT2D eigenvalue weighted by Crippen LogP contribution is 2.31. The fourth-order valence-corrected chi connectivity index (χ4v) is 3.32. The topological polar surface area (TPSA) is 73.7 Å². The Morgan fingerprint density at radius 2 is 2.00 bits per heavy atom.